The molecule has 1 aromatic heterocycles. The minimum atomic E-state index is 0.709. The van der Waals surface area contributed by atoms with E-state index in [1.807, 2.05) is 17.9 Å². The number of aryl methyl sites for hydroxylation is 1. The van der Waals surface area contributed by atoms with Crippen molar-refractivity contribution in [1.29, 1.82) is 0 Å². The third-order valence-electron chi connectivity index (χ3n) is 4.60. The summed E-state index contributed by atoms with van der Waals surface area (Å²) < 4.78 is 1.88. The molecule has 1 N–H and O–H groups in total. The summed E-state index contributed by atoms with van der Waals surface area (Å²) in [5.74, 6) is 2.53. The number of hydrogen-bond donors (Lipinski definition) is 1. The van der Waals surface area contributed by atoms with Crippen LogP contribution in [0.3, 0.4) is 0 Å². The van der Waals surface area contributed by atoms with E-state index in [2.05, 4.69) is 37.4 Å². The van der Waals surface area contributed by atoms with Gasteiger partial charge in [-0.1, -0.05) is 27.2 Å². The molecule has 19 heavy (non-hydrogen) atoms. The van der Waals surface area contributed by atoms with E-state index in [0.29, 0.717) is 6.04 Å². The Labute approximate surface area is 117 Å². The molecular weight excluding hydrogens is 234 g/mol. The molecule has 3 heteroatoms. The monoisotopic (exact) mass is 263 g/mol. The summed E-state index contributed by atoms with van der Waals surface area (Å²) in [4.78, 5) is 0. The lowest BCUT2D eigenvalue weighted by Gasteiger charge is -2.38. The van der Waals surface area contributed by atoms with E-state index in [0.717, 1.165) is 30.7 Å². The molecule has 3 nitrogen and oxygen atoms in total. The predicted molar refractivity (Wildman–Crippen MR) is 80.0 cm³/mol. The third kappa shape index (κ3) is 4.07. The van der Waals surface area contributed by atoms with E-state index in [9.17, 15) is 0 Å². The number of aromatic nitrogens is 2. The topological polar surface area (TPSA) is 29.9 Å². The molecule has 0 aromatic carbocycles. The van der Waals surface area contributed by atoms with E-state index in [1.54, 1.807) is 0 Å². The summed E-state index contributed by atoms with van der Waals surface area (Å²) in [6.07, 6.45) is 9.32. The van der Waals surface area contributed by atoms with Crippen molar-refractivity contribution in [1.82, 2.24) is 15.1 Å². The Bertz CT molecular complexity index is 383. The van der Waals surface area contributed by atoms with Crippen LogP contribution in [0.15, 0.2) is 12.4 Å². The van der Waals surface area contributed by atoms with E-state index >= 15 is 0 Å². The van der Waals surface area contributed by atoms with Gasteiger partial charge in [-0.2, -0.15) is 5.10 Å². The normalized spacial score (nSPS) is 27.9. The maximum absolute atomic E-state index is 4.23. The van der Waals surface area contributed by atoms with Gasteiger partial charge in [0.05, 0.1) is 6.20 Å². The first-order valence-electron chi connectivity index (χ1n) is 7.77. The molecule has 0 aliphatic heterocycles. The fourth-order valence-electron chi connectivity index (χ4n) is 3.44. The summed E-state index contributed by atoms with van der Waals surface area (Å²) >= 11 is 0. The molecule has 1 aromatic rings. The molecule has 1 aliphatic carbocycles. The summed E-state index contributed by atoms with van der Waals surface area (Å²) in [6.45, 7) is 8.21. The zero-order chi connectivity index (χ0) is 13.8. The van der Waals surface area contributed by atoms with Crippen LogP contribution in [-0.4, -0.2) is 22.4 Å². The average Bonchev–Trinajstić information content (AvgIpc) is 2.75. The van der Waals surface area contributed by atoms with Gasteiger partial charge in [-0.25, -0.2) is 0 Å². The Kier molecular flexibility index (Phi) is 5.03. The second-order valence-electron chi connectivity index (χ2n) is 6.66. The van der Waals surface area contributed by atoms with E-state index in [1.165, 1.54) is 24.8 Å². The van der Waals surface area contributed by atoms with Gasteiger partial charge in [0, 0.05) is 19.3 Å². The van der Waals surface area contributed by atoms with Crippen LogP contribution in [0.25, 0.3) is 0 Å². The van der Waals surface area contributed by atoms with Gasteiger partial charge in [-0.05, 0) is 49.1 Å². The van der Waals surface area contributed by atoms with Crippen LogP contribution >= 0.6 is 0 Å². The van der Waals surface area contributed by atoms with Crippen molar-refractivity contribution in [3.63, 3.8) is 0 Å². The Morgan fingerprint density at radius 2 is 2.21 bits per heavy atom. The molecule has 3 atom stereocenters. The van der Waals surface area contributed by atoms with Gasteiger partial charge in [0.2, 0.25) is 0 Å². The van der Waals surface area contributed by atoms with Crippen molar-refractivity contribution < 1.29 is 0 Å². The maximum Gasteiger partial charge on any atom is 0.0522 e. The second kappa shape index (κ2) is 6.56. The highest BCUT2D eigenvalue weighted by Crippen LogP contribution is 2.33. The minimum Gasteiger partial charge on any atom is -0.313 e. The van der Waals surface area contributed by atoms with Crippen molar-refractivity contribution in [2.45, 2.75) is 52.5 Å². The van der Waals surface area contributed by atoms with Crippen LogP contribution in [0.5, 0.6) is 0 Å². The molecule has 1 aliphatic rings. The van der Waals surface area contributed by atoms with E-state index in [4.69, 9.17) is 0 Å². The highest BCUT2D eigenvalue weighted by molar-refractivity contribution is 5.04. The van der Waals surface area contributed by atoms with Crippen LogP contribution < -0.4 is 5.32 Å². The van der Waals surface area contributed by atoms with Gasteiger partial charge in [0.1, 0.15) is 0 Å². The van der Waals surface area contributed by atoms with E-state index < -0.39 is 0 Å². The number of hydrogen-bond acceptors (Lipinski definition) is 2. The number of rotatable bonds is 5. The molecule has 108 valence electrons. The summed E-state index contributed by atoms with van der Waals surface area (Å²) in [5, 5.41) is 8.03. The van der Waals surface area contributed by atoms with Crippen LogP contribution in [0.4, 0.5) is 0 Å². The Hall–Kier alpha value is -0.830. The summed E-state index contributed by atoms with van der Waals surface area (Å²) in [7, 11) is 1.98. The molecule has 0 saturated heterocycles. The lowest BCUT2D eigenvalue weighted by molar-refractivity contribution is 0.171. The number of nitrogens with zero attached hydrogens (tertiary/aromatic N) is 2. The third-order valence-corrected chi connectivity index (χ3v) is 4.60. The Morgan fingerprint density at radius 1 is 1.42 bits per heavy atom. The highest BCUT2D eigenvalue weighted by Gasteiger charge is 2.29. The standard InChI is InChI=1S/C16H29N3/c1-12(2)15-6-5-13(3)9-16(15)17-8-7-14-10-18-19(4)11-14/h10-13,15-17H,5-9H2,1-4H3. The first-order chi connectivity index (χ1) is 9.06. The van der Waals surface area contributed by atoms with Crippen LogP contribution in [0.1, 0.15) is 45.6 Å². The molecule has 0 amide bonds. The predicted octanol–water partition coefficient (Wildman–Crippen LogP) is 3.01. The van der Waals surface area contributed by atoms with Crippen molar-refractivity contribution >= 4 is 0 Å². The molecule has 0 spiro atoms. The molecule has 1 fully saturated rings. The smallest absolute Gasteiger partial charge is 0.0522 e. The minimum absolute atomic E-state index is 0.709. The highest BCUT2D eigenvalue weighted by atomic mass is 15.2. The van der Waals surface area contributed by atoms with Crippen LogP contribution in [0, 0.1) is 17.8 Å². The van der Waals surface area contributed by atoms with Gasteiger partial charge in [-0.15, -0.1) is 0 Å². The molecule has 0 bridgehead atoms. The first-order valence-corrected chi connectivity index (χ1v) is 7.77. The fraction of sp³-hybridized carbons (Fsp3) is 0.812. The van der Waals surface area contributed by atoms with E-state index in [-0.39, 0.29) is 0 Å². The fourth-order valence-corrected chi connectivity index (χ4v) is 3.44. The lowest BCUT2D eigenvalue weighted by atomic mass is 9.74. The Morgan fingerprint density at radius 3 is 2.84 bits per heavy atom. The largest absolute Gasteiger partial charge is 0.313 e. The summed E-state index contributed by atoms with van der Waals surface area (Å²) in [5.41, 5.74) is 1.33. The maximum atomic E-state index is 4.23. The molecule has 1 heterocycles. The van der Waals surface area contributed by atoms with Gasteiger partial charge in [0.25, 0.3) is 0 Å². The van der Waals surface area contributed by atoms with Crippen molar-refractivity contribution in [2.24, 2.45) is 24.8 Å². The zero-order valence-corrected chi connectivity index (χ0v) is 12.9. The van der Waals surface area contributed by atoms with Crippen molar-refractivity contribution in [3.05, 3.63) is 18.0 Å². The number of nitrogens with one attached hydrogen (secondary N) is 1. The molecule has 2 rings (SSSR count). The van der Waals surface area contributed by atoms with Crippen molar-refractivity contribution in [2.75, 3.05) is 6.54 Å². The van der Waals surface area contributed by atoms with Crippen molar-refractivity contribution in [3.8, 4) is 0 Å². The van der Waals surface area contributed by atoms with Crippen LogP contribution in [0.2, 0.25) is 0 Å². The zero-order valence-electron chi connectivity index (χ0n) is 12.9. The summed E-state index contributed by atoms with van der Waals surface area (Å²) in [6, 6.07) is 0.709. The van der Waals surface area contributed by atoms with Gasteiger partial charge in [-0.3, -0.25) is 4.68 Å². The Balaban J connectivity index is 1.82. The second-order valence-corrected chi connectivity index (χ2v) is 6.66. The lowest BCUT2D eigenvalue weighted by Crippen LogP contribution is -2.43. The van der Waals surface area contributed by atoms with Crippen LogP contribution in [-0.2, 0) is 13.5 Å². The average molecular weight is 263 g/mol. The van der Waals surface area contributed by atoms with Gasteiger partial charge < -0.3 is 5.32 Å². The van der Waals surface area contributed by atoms with Gasteiger partial charge in [0.15, 0.2) is 0 Å². The SMILES string of the molecule is CC1CCC(C(C)C)C(NCCc2cnn(C)c2)C1. The van der Waals surface area contributed by atoms with Gasteiger partial charge >= 0.3 is 0 Å². The first kappa shape index (κ1) is 14.6. The molecule has 3 unspecified atom stereocenters. The molecule has 1 saturated carbocycles. The molecule has 0 radical (unpaired) electrons. The molecular formula is C16H29N3. The quantitative estimate of drug-likeness (QED) is 0.885.